The van der Waals surface area contributed by atoms with Crippen molar-refractivity contribution >= 4 is 17.8 Å². The Balaban J connectivity index is 1.91. The van der Waals surface area contributed by atoms with Crippen LogP contribution in [0.4, 0.5) is 4.79 Å². The van der Waals surface area contributed by atoms with Crippen LogP contribution in [0.1, 0.15) is 58.1 Å². The number of amides is 4. The molecule has 2 aliphatic rings. The average Bonchev–Trinajstić information content (AvgIpc) is 2.74. The van der Waals surface area contributed by atoms with Gasteiger partial charge < -0.3 is 10.2 Å². The summed E-state index contributed by atoms with van der Waals surface area (Å²) in [4.78, 5) is 41.7. The van der Waals surface area contributed by atoms with Crippen LogP contribution in [0, 0.1) is 0 Å². The molecule has 1 aliphatic carbocycles. The standard InChI is InChI=1S/C21H29N3O3/c1-14(2)24(15(3)4)18(25)13-23-19(26)21(22-20(23)27)12-8-7-10-16-9-5-6-11-17(16)21/h5-6,9,11,14-15H,7-8,10,12-13H2,1-4H3,(H,22,27)/t21-/m1/s1. The zero-order chi connectivity index (χ0) is 19.8. The fourth-order valence-corrected chi connectivity index (χ4v) is 4.51. The maximum atomic E-state index is 13.4. The molecule has 1 heterocycles. The maximum Gasteiger partial charge on any atom is 0.325 e. The molecular formula is C21H29N3O3. The highest BCUT2D eigenvalue weighted by molar-refractivity contribution is 6.09. The first kappa shape index (κ1) is 19.4. The van der Waals surface area contributed by atoms with Crippen molar-refractivity contribution in [2.24, 2.45) is 0 Å². The molecule has 0 bridgehead atoms. The number of rotatable bonds is 4. The molecule has 1 saturated heterocycles. The number of hydrogen-bond acceptors (Lipinski definition) is 3. The van der Waals surface area contributed by atoms with Gasteiger partial charge in [0.15, 0.2) is 0 Å². The van der Waals surface area contributed by atoms with Crippen molar-refractivity contribution in [1.29, 1.82) is 0 Å². The number of carbonyl (C=O) groups excluding carboxylic acids is 3. The number of nitrogens with zero attached hydrogens (tertiary/aromatic N) is 2. The smallest absolute Gasteiger partial charge is 0.325 e. The Morgan fingerprint density at radius 2 is 1.81 bits per heavy atom. The van der Waals surface area contributed by atoms with E-state index in [1.54, 1.807) is 4.90 Å². The largest absolute Gasteiger partial charge is 0.336 e. The van der Waals surface area contributed by atoms with Crippen LogP contribution in [-0.4, -0.2) is 46.3 Å². The van der Waals surface area contributed by atoms with Crippen LogP contribution in [0.2, 0.25) is 0 Å². The minimum atomic E-state index is -1.04. The number of nitrogens with one attached hydrogen (secondary N) is 1. The van der Waals surface area contributed by atoms with Gasteiger partial charge in [-0.15, -0.1) is 0 Å². The molecule has 1 aromatic carbocycles. The van der Waals surface area contributed by atoms with Crippen molar-refractivity contribution in [3.63, 3.8) is 0 Å². The van der Waals surface area contributed by atoms with E-state index in [4.69, 9.17) is 0 Å². The van der Waals surface area contributed by atoms with Crippen LogP contribution in [0.25, 0.3) is 0 Å². The van der Waals surface area contributed by atoms with E-state index in [1.165, 1.54) is 0 Å². The van der Waals surface area contributed by atoms with Gasteiger partial charge in [0.1, 0.15) is 12.1 Å². The molecule has 0 radical (unpaired) electrons. The van der Waals surface area contributed by atoms with Crippen molar-refractivity contribution in [2.75, 3.05) is 6.54 Å². The van der Waals surface area contributed by atoms with E-state index in [-0.39, 0.29) is 30.4 Å². The lowest BCUT2D eigenvalue weighted by atomic mass is 9.84. The Morgan fingerprint density at radius 3 is 2.48 bits per heavy atom. The first-order chi connectivity index (χ1) is 12.8. The van der Waals surface area contributed by atoms with Gasteiger partial charge in [-0.3, -0.25) is 14.5 Å². The fraction of sp³-hybridized carbons (Fsp3) is 0.571. The Labute approximate surface area is 160 Å². The summed E-state index contributed by atoms with van der Waals surface area (Å²) in [5.41, 5.74) is 0.938. The van der Waals surface area contributed by atoms with Gasteiger partial charge in [-0.05, 0) is 64.5 Å². The van der Waals surface area contributed by atoms with E-state index in [9.17, 15) is 14.4 Å². The highest BCUT2D eigenvalue weighted by Crippen LogP contribution is 2.38. The number of fused-ring (bicyclic) bond motifs is 2. The predicted octanol–water partition coefficient (Wildman–Crippen LogP) is 2.81. The summed E-state index contributed by atoms with van der Waals surface area (Å²) in [6, 6.07) is 7.35. The van der Waals surface area contributed by atoms with Crippen LogP contribution in [0.15, 0.2) is 24.3 Å². The van der Waals surface area contributed by atoms with Gasteiger partial charge in [0.05, 0.1) is 0 Å². The second-order valence-electron chi connectivity index (χ2n) is 8.08. The molecule has 1 atom stereocenters. The third-order valence-corrected chi connectivity index (χ3v) is 5.59. The lowest BCUT2D eigenvalue weighted by Crippen LogP contribution is -2.49. The van der Waals surface area contributed by atoms with Crippen LogP contribution >= 0.6 is 0 Å². The van der Waals surface area contributed by atoms with Crippen molar-refractivity contribution in [3.8, 4) is 0 Å². The van der Waals surface area contributed by atoms with Gasteiger partial charge in [0.2, 0.25) is 5.91 Å². The quantitative estimate of drug-likeness (QED) is 0.828. The Kier molecular flexibility index (Phi) is 5.27. The summed E-state index contributed by atoms with van der Waals surface area (Å²) >= 11 is 0. The number of hydrogen-bond donors (Lipinski definition) is 1. The Hall–Kier alpha value is -2.37. The molecule has 146 valence electrons. The number of benzene rings is 1. The predicted molar refractivity (Wildman–Crippen MR) is 103 cm³/mol. The molecule has 6 nitrogen and oxygen atoms in total. The van der Waals surface area contributed by atoms with Gasteiger partial charge in [0, 0.05) is 12.1 Å². The number of urea groups is 1. The minimum absolute atomic E-state index is 0.00540. The van der Waals surface area contributed by atoms with E-state index in [0.717, 1.165) is 35.3 Å². The van der Waals surface area contributed by atoms with Gasteiger partial charge in [0.25, 0.3) is 5.91 Å². The van der Waals surface area contributed by atoms with Crippen LogP contribution in [0.3, 0.4) is 0 Å². The summed E-state index contributed by atoms with van der Waals surface area (Å²) in [5, 5.41) is 2.93. The van der Waals surface area contributed by atoms with E-state index in [2.05, 4.69) is 5.32 Å². The van der Waals surface area contributed by atoms with Gasteiger partial charge in [-0.2, -0.15) is 0 Å². The molecule has 6 heteroatoms. The SMILES string of the molecule is CC(C)N(C(=O)CN1C(=O)N[C@@]2(CCCCc3ccccc32)C1=O)C(C)C. The van der Waals surface area contributed by atoms with Gasteiger partial charge in [-0.25, -0.2) is 4.79 Å². The molecule has 27 heavy (non-hydrogen) atoms. The van der Waals surface area contributed by atoms with Crippen molar-refractivity contribution < 1.29 is 14.4 Å². The van der Waals surface area contributed by atoms with Crippen LogP contribution < -0.4 is 5.32 Å². The van der Waals surface area contributed by atoms with Crippen molar-refractivity contribution in [1.82, 2.24) is 15.1 Å². The number of imide groups is 1. The second kappa shape index (κ2) is 7.33. The van der Waals surface area contributed by atoms with E-state index >= 15 is 0 Å². The lowest BCUT2D eigenvalue weighted by Gasteiger charge is -2.32. The number of aryl methyl sites for hydroxylation is 1. The second-order valence-corrected chi connectivity index (χ2v) is 8.08. The normalized spacial score (nSPS) is 22.2. The summed E-state index contributed by atoms with van der Waals surface area (Å²) in [6.07, 6.45) is 3.30. The molecule has 4 amide bonds. The molecule has 0 aromatic heterocycles. The number of carbonyl (C=O) groups is 3. The van der Waals surface area contributed by atoms with Crippen LogP contribution in [-0.2, 0) is 21.5 Å². The summed E-state index contributed by atoms with van der Waals surface area (Å²) < 4.78 is 0. The fourth-order valence-electron chi connectivity index (χ4n) is 4.51. The van der Waals surface area contributed by atoms with Crippen molar-refractivity contribution in [2.45, 2.75) is 71.0 Å². The monoisotopic (exact) mass is 371 g/mol. The van der Waals surface area contributed by atoms with Gasteiger partial charge >= 0.3 is 6.03 Å². The zero-order valence-electron chi connectivity index (χ0n) is 16.6. The molecule has 1 N–H and O–H groups in total. The zero-order valence-corrected chi connectivity index (χ0v) is 16.6. The molecule has 0 unspecified atom stereocenters. The molecule has 1 spiro atoms. The first-order valence-electron chi connectivity index (χ1n) is 9.81. The lowest BCUT2D eigenvalue weighted by molar-refractivity contribution is -0.141. The molecule has 3 rings (SSSR count). The van der Waals surface area contributed by atoms with E-state index in [0.29, 0.717) is 6.42 Å². The summed E-state index contributed by atoms with van der Waals surface area (Å²) in [7, 11) is 0. The van der Waals surface area contributed by atoms with Gasteiger partial charge in [-0.1, -0.05) is 24.3 Å². The Bertz CT molecular complexity index is 751. The molecule has 0 saturated carbocycles. The summed E-state index contributed by atoms with van der Waals surface area (Å²) in [6.45, 7) is 7.53. The van der Waals surface area contributed by atoms with Crippen LogP contribution in [0.5, 0.6) is 0 Å². The third-order valence-electron chi connectivity index (χ3n) is 5.59. The summed E-state index contributed by atoms with van der Waals surface area (Å²) in [5.74, 6) is -0.509. The van der Waals surface area contributed by atoms with Crippen molar-refractivity contribution in [3.05, 3.63) is 35.4 Å². The third kappa shape index (κ3) is 3.33. The first-order valence-corrected chi connectivity index (χ1v) is 9.81. The molecule has 1 fully saturated rings. The highest BCUT2D eigenvalue weighted by atomic mass is 16.2. The topological polar surface area (TPSA) is 69.7 Å². The minimum Gasteiger partial charge on any atom is -0.336 e. The van der Waals surface area contributed by atoms with E-state index in [1.807, 2.05) is 52.0 Å². The maximum absolute atomic E-state index is 13.4. The molecule has 1 aliphatic heterocycles. The van der Waals surface area contributed by atoms with E-state index < -0.39 is 11.6 Å². The highest BCUT2D eigenvalue weighted by Gasteiger charge is 2.53. The average molecular weight is 371 g/mol. The Morgan fingerprint density at radius 1 is 1.15 bits per heavy atom. The molecular weight excluding hydrogens is 342 g/mol. The molecule has 1 aromatic rings.